The summed E-state index contributed by atoms with van der Waals surface area (Å²) in [6.07, 6.45) is 1.63. The van der Waals surface area contributed by atoms with E-state index in [1.54, 1.807) is 47.3 Å². The van der Waals surface area contributed by atoms with Crippen molar-refractivity contribution in [1.82, 2.24) is 15.1 Å². The van der Waals surface area contributed by atoms with Crippen molar-refractivity contribution >= 4 is 16.8 Å². The number of hydrogen-bond donors (Lipinski definition) is 1. The number of carbonyl (C=O) groups excluding carboxylic acids is 1. The average Bonchev–Trinajstić information content (AvgIpc) is 3.17. The normalized spacial score (nSPS) is 10.6. The average molecular weight is 370 g/mol. The third kappa shape index (κ3) is 3.33. The highest BCUT2D eigenvalue weighted by Crippen LogP contribution is 2.22. The highest BCUT2D eigenvalue weighted by atomic mass is 19.1. The van der Waals surface area contributed by atoms with Gasteiger partial charge in [0.25, 0.3) is 5.91 Å². The van der Waals surface area contributed by atoms with Gasteiger partial charge in [0.15, 0.2) is 0 Å². The summed E-state index contributed by atoms with van der Waals surface area (Å²) in [5.74, 6) is -0.531. The van der Waals surface area contributed by atoms with Crippen LogP contribution in [0.4, 0.5) is 4.39 Å². The lowest BCUT2D eigenvalue weighted by atomic mass is 10.1. The predicted molar refractivity (Wildman–Crippen MR) is 103 cm³/mol. The van der Waals surface area contributed by atoms with E-state index in [1.807, 2.05) is 18.2 Å². The largest absolute Gasteiger partial charge is 0.348 e. The van der Waals surface area contributed by atoms with Crippen molar-refractivity contribution < 1.29 is 9.18 Å². The Hall–Kier alpha value is -3.98. The lowest BCUT2D eigenvalue weighted by Crippen LogP contribution is -2.22. The molecule has 0 aliphatic rings. The highest BCUT2D eigenvalue weighted by Gasteiger charge is 2.14. The van der Waals surface area contributed by atoms with Crippen molar-refractivity contribution in [2.75, 3.05) is 0 Å². The van der Waals surface area contributed by atoms with Gasteiger partial charge < -0.3 is 5.32 Å². The molecule has 0 bridgehead atoms. The minimum Gasteiger partial charge on any atom is -0.348 e. The number of hydrogen-bond acceptors (Lipinski definition) is 3. The van der Waals surface area contributed by atoms with Gasteiger partial charge in [-0.05, 0) is 54.1 Å². The SMILES string of the molecule is N#Cc1ccc(CNC(=O)c2cccc3c2cnn3-c2ccc(F)cc2)cc1. The molecule has 0 spiro atoms. The number of halogens is 1. The first-order valence-corrected chi connectivity index (χ1v) is 8.65. The molecule has 0 atom stereocenters. The number of nitriles is 1. The molecule has 0 radical (unpaired) electrons. The van der Waals surface area contributed by atoms with Gasteiger partial charge in [0, 0.05) is 11.9 Å². The summed E-state index contributed by atoms with van der Waals surface area (Å²) in [5, 5.41) is 16.8. The van der Waals surface area contributed by atoms with Gasteiger partial charge in [-0.1, -0.05) is 18.2 Å². The minimum atomic E-state index is -0.317. The molecule has 28 heavy (non-hydrogen) atoms. The number of amides is 1. The third-order valence-electron chi connectivity index (χ3n) is 4.47. The van der Waals surface area contributed by atoms with Crippen LogP contribution in [0.15, 0.2) is 72.9 Å². The summed E-state index contributed by atoms with van der Waals surface area (Å²) in [6, 6.07) is 20.5. The monoisotopic (exact) mass is 370 g/mol. The molecular weight excluding hydrogens is 355 g/mol. The van der Waals surface area contributed by atoms with Crippen LogP contribution in [0.25, 0.3) is 16.6 Å². The maximum absolute atomic E-state index is 13.2. The van der Waals surface area contributed by atoms with Crippen molar-refractivity contribution in [3.63, 3.8) is 0 Å². The fraction of sp³-hybridized carbons (Fsp3) is 0.0455. The summed E-state index contributed by atoms with van der Waals surface area (Å²) >= 11 is 0. The number of nitrogens with one attached hydrogen (secondary N) is 1. The number of rotatable bonds is 4. The first-order valence-electron chi connectivity index (χ1n) is 8.65. The molecule has 6 heteroatoms. The second kappa shape index (κ2) is 7.33. The molecule has 4 rings (SSSR count). The topological polar surface area (TPSA) is 70.7 Å². The van der Waals surface area contributed by atoms with Crippen LogP contribution in [0.1, 0.15) is 21.5 Å². The predicted octanol–water partition coefficient (Wildman–Crippen LogP) is 3.97. The molecule has 3 aromatic carbocycles. The molecule has 0 fully saturated rings. The summed E-state index contributed by atoms with van der Waals surface area (Å²) in [7, 11) is 0. The number of fused-ring (bicyclic) bond motifs is 1. The van der Waals surface area contributed by atoms with Crippen LogP contribution in [-0.4, -0.2) is 15.7 Å². The zero-order valence-electron chi connectivity index (χ0n) is 14.8. The molecule has 136 valence electrons. The Bertz CT molecular complexity index is 1190. The van der Waals surface area contributed by atoms with Crippen LogP contribution in [-0.2, 0) is 6.54 Å². The molecule has 5 nitrogen and oxygen atoms in total. The van der Waals surface area contributed by atoms with Crippen molar-refractivity contribution in [3.8, 4) is 11.8 Å². The Balaban J connectivity index is 1.59. The number of nitrogens with zero attached hydrogens (tertiary/aromatic N) is 3. The standard InChI is InChI=1S/C22H15FN4O/c23-17-8-10-18(11-9-17)27-21-3-1-2-19(20(21)14-26-27)22(28)25-13-16-6-4-15(12-24)5-7-16/h1-11,14H,13H2,(H,25,28). The van der Waals surface area contributed by atoms with Crippen LogP contribution in [0.2, 0.25) is 0 Å². The summed E-state index contributed by atoms with van der Waals surface area (Å²) in [5.41, 5.74) is 3.47. The lowest BCUT2D eigenvalue weighted by Gasteiger charge is -2.08. The van der Waals surface area contributed by atoms with Crippen LogP contribution >= 0.6 is 0 Å². The first kappa shape index (κ1) is 17.4. The molecule has 0 aliphatic heterocycles. The van der Waals surface area contributed by atoms with Gasteiger partial charge in [-0.25, -0.2) is 9.07 Å². The fourth-order valence-electron chi connectivity index (χ4n) is 3.01. The maximum atomic E-state index is 13.2. The van der Waals surface area contributed by atoms with Gasteiger partial charge in [0.2, 0.25) is 0 Å². The van der Waals surface area contributed by atoms with E-state index in [4.69, 9.17) is 5.26 Å². The van der Waals surface area contributed by atoms with E-state index in [1.165, 1.54) is 12.1 Å². The molecule has 0 aliphatic carbocycles. The molecular formula is C22H15FN4O. The smallest absolute Gasteiger partial charge is 0.252 e. The van der Waals surface area contributed by atoms with Gasteiger partial charge in [0.05, 0.1) is 34.6 Å². The van der Waals surface area contributed by atoms with E-state index in [0.717, 1.165) is 11.1 Å². The fourth-order valence-corrected chi connectivity index (χ4v) is 3.01. The second-order valence-corrected chi connectivity index (χ2v) is 6.26. The van der Waals surface area contributed by atoms with Crippen molar-refractivity contribution in [2.24, 2.45) is 0 Å². The molecule has 1 amide bonds. The molecule has 4 aromatic rings. The van der Waals surface area contributed by atoms with Gasteiger partial charge in [-0.2, -0.15) is 10.4 Å². The zero-order chi connectivity index (χ0) is 19.5. The Morgan fingerprint density at radius 1 is 1.07 bits per heavy atom. The van der Waals surface area contributed by atoms with Crippen molar-refractivity contribution in [1.29, 1.82) is 5.26 Å². The number of benzene rings is 3. The number of aromatic nitrogens is 2. The number of carbonyl (C=O) groups is 1. The lowest BCUT2D eigenvalue weighted by molar-refractivity contribution is 0.0952. The summed E-state index contributed by atoms with van der Waals surface area (Å²) < 4.78 is 14.9. The van der Waals surface area contributed by atoms with Gasteiger partial charge in [-0.3, -0.25) is 4.79 Å². The Morgan fingerprint density at radius 3 is 2.54 bits per heavy atom. The second-order valence-electron chi connectivity index (χ2n) is 6.26. The first-order chi connectivity index (χ1) is 13.7. The quantitative estimate of drug-likeness (QED) is 0.591. The summed E-state index contributed by atoms with van der Waals surface area (Å²) in [4.78, 5) is 12.7. The third-order valence-corrected chi connectivity index (χ3v) is 4.47. The Kier molecular flexibility index (Phi) is 4.56. The molecule has 0 saturated heterocycles. The van der Waals surface area contributed by atoms with Crippen molar-refractivity contribution in [3.05, 3.63) is 95.4 Å². The highest BCUT2D eigenvalue weighted by molar-refractivity contribution is 6.06. The van der Waals surface area contributed by atoms with Crippen LogP contribution in [0, 0.1) is 17.1 Å². The summed E-state index contributed by atoms with van der Waals surface area (Å²) in [6.45, 7) is 0.354. The van der Waals surface area contributed by atoms with E-state index >= 15 is 0 Å². The van der Waals surface area contributed by atoms with Crippen LogP contribution in [0.3, 0.4) is 0 Å². The minimum absolute atomic E-state index is 0.214. The maximum Gasteiger partial charge on any atom is 0.252 e. The van der Waals surface area contributed by atoms with Crippen LogP contribution in [0.5, 0.6) is 0 Å². The zero-order valence-corrected chi connectivity index (χ0v) is 14.8. The van der Waals surface area contributed by atoms with Crippen molar-refractivity contribution in [2.45, 2.75) is 6.54 Å². The van der Waals surface area contributed by atoms with E-state index < -0.39 is 0 Å². The Labute approximate surface area is 160 Å². The molecule has 0 saturated carbocycles. The van der Waals surface area contributed by atoms with Gasteiger partial charge >= 0.3 is 0 Å². The van der Waals surface area contributed by atoms with Gasteiger partial charge in [-0.15, -0.1) is 0 Å². The Morgan fingerprint density at radius 2 is 1.82 bits per heavy atom. The van der Waals surface area contributed by atoms with E-state index in [2.05, 4.69) is 16.5 Å². The van der Waals surface area contributed by atoms with Gasteiger partial charge in [0.1, 0.15) is 5.82 Å². The van der Waals surface area contributed by atoms with Crippen LogP contribution < -0.4 is 5.32 Å². The van der Waals surface area contributed by atoms with E-state index in [9.17, 15) is 9.18 Å². The molecule has 1 heterocycles. The molecule has 1 aromatic heterocycles. The van der Waals surface area contributed by atoms with E-state index in [0.29, 0.717) is 28.7 Å². The van der Waals surface area contributed by atoms with E-state index in [-0.39, 0.29) is 11.7 Å². The molecule has 0 unspecified atom stereocenters. The molecule has 1 N–H and O–H groups in total.